The third kappa shape index (κ3) is 3.22. The smallest absolute Gasteiger partial charge is 0.129 e. The van der Waals surface area contributed by atoms with E-state index in [0.717, 1.165) is 12.1 Å². The highest BCUT2D eigenvalue weighted by Gasteiger charge is 2.11. The summed E-state index contributed by atoms with van der Waals surface area (Å²) in [7, 11) is 0. The van der Waals surface area contributed by atoms with Gasteiger partial charge in [0.1, 0.15) is 5.15 Å². The summed E-state index contributed by atoms with van der Waals surface area (Å²) in [5, 5.41) is 0.580. The maximum absolute atomic E-state index is 5.76. The van der Waals surface area contributed by atoms with Gasteiger partial charge in [-0.2, -0.15) is 0 Å². The largest absolute Gasteiger partial charge is 0.241 e. The number of hydrogen-bond donors (Lipinski definition) is 0. The molecule has 0 spiro atoms. The standard InChI is InChI=1S/C10H14ClN/c1-10(2,3)7-8-5-4-6-9(11)12-8/h4-6H,7H2,1-3H3. The van der Waals surface area contributed by atoms with Gasteiger partial charge in [0.25, 0.3) is 0 Å². The minimum atomic E-state index is 0.275. The van der Waals surface area contributed by atoms with Crippen LogP contribution in [-0.4, -0.2) is 4.98 Å². The molecule has 0 aliphatic rings. The Balaban J connectivity index is 2.77. The van der Waals surface area contributed by atoms with Gasteiger partial charge >= 0.3 is 0 Å². The van der Waals surface area contributed by atoms with Crippen molar-refractivity contribution >= 4 is 11.6 Å². The van der Waals surface area contributed by atoms with Gasteiger partial charge in [-0.25, -0.2) is 4.98 Å². The van der Waals surface area contributed by atoms with Crippen LogP contribution in [0, 0.1) is 5.41 Å². The Kier molecular flexibility index (Phi) is 2.73. The molecular formula is C10H14ClN. The number of halogens is 1. The zero-order valence-corrected chi connectivity index (χ0v) is 8.52. The van der Waals surface area contributed by atoms with Crippen LogP contribution in [0.15, 0.2) is 18.2 Å². The van der Waals surface area contributed by atoms with Crippen LogP contribution in [0.25, 0.3) is 0 Å². The van der Waals surface area contributed by atoms with Gasteiger partial charge in [0.2, 0.25) is 0 Å². The normalized spacial score (nSPS) is 11.7. The maximum atomic E-state index is 5.76. The van der Waals surface area contributed by atoms with Crippen LogP contribution in [0.3, 0.4) is 0 Å². The van der Waals surface area contributed by atoms with Gasteiger partial charge in [-0.05, 0) is 24.0 Å². The molecule has 0 radical (unpaired) electrons. The number of aromatic nitrogens is 1. The van der Waals surface area contributed by atoms with E-state index in [1.807, 2.05) is 12.1 Å². The number of hydrogen-bond acceptors (Lipinski definition) is 1. The van der Waals surface area contributed by atoms with Gasteiger partial charge in [-0.3, -0.25) is 0 Å². The van der Waals surface area contributed by atoms with Crippen LogP contribution in [0.1, 0.15) is 26.5 Å². The maximum Gasteiger partial charge on any atom is 0.129 e. The molecule has 0 bridgehead atoms. The summed E-state index contributed by atoms with van der Waals surface area (Å²) >= 11 is 5.76. The van der Waals surface area contributed by atoms with Crippen molar-refractivity contribution in [3.8, 4) is 0 Å². The quantitative estimate of drug-likeness (QED) is 0.609. The molecule has 1 nitrogen and oxygen atoms in total. The first kappa shape index (κ1) is 9.53. The van der Waals surface area contributed by atoms with Crippen LogP contribution in [-0.2, 0) is 6.42 Å². The van der Waals surface area contributed by atoms with E-state index < -0.39 is 0 Å². The van der Waals surface area contributed by atoms with Gasteiger partial charge in [-0.1, -0.05) is 38.4 Å². The topological polar surface area (TPSA) is 12.9 Å². The molecular weight excluding hydrogens is 170 g/mol. The molecule has 0 unspecified atom stereocenters. The summed E-state index contributed by atoms with van der Waals surface area (Å²) in [6, 6.07) is 5.75. The molecule has 1 rings (SSSR count). The fraction of sp³-hybridized carbons (Fsp3) is 0.500. The fourth-order valence-corrected chi connectivity index (χ4v) is 1.27. The molecule has 66 valence electrons. The first-order valence-corrected chi connectivity index (χ1v) is 4.47. The molecule has 12 heavy (non-hydrogen) atoms. The van der Waals surface area contributed by atoms with E-state index in [9.17, 15) is 0 Å². The van der Waals surface area contributed by atoms with Gasteiger partial charge in [0, 0.05) is 5.69 Å². The molecule has 0 aromatic carbocycles. The lowest BCUT2D eigenvalue weighted by Crippen LogP contribution is -2.10. The fourth-order valence-electron chi connectivity index (χ4n) is 1.09. The van der Waals surface area contributed by atoms with Gasteiger partial charge in [0.05, 0.1) is 0 Å². The van der Waals surface area contributed by atoms with Crippen molar-refractivity contribution in [2.75, 3.05) is 0 Å². The van der Waals surface area contributed by atoms with E-state index in [4.69, 9.17) is 11.6 Å². The second-order valence-electron chi connectivity index (χ2n) is 4.19. The van der Waals surface area contributed by atoms with Crippen molar-refractivity contribution < 1.29 is 0 Å². The van der Waals surface area contributed by atoms with E-state index in [1.54, 1.807) is 6.07 Å². The van der Waals surface area contributed by atoms with Crippen LogP contribution < -0.4 is 0 Å². The third-order valence-corrected chi connectivity index (χ3v) is 1.69. The number of rotatable bonds is 1. The molecule has 0 atom stereocenters. The van der Waals surface area contributed by atoms with Crippen LogP contribution in [0.4, 0.5) is 0 Å². The van der Waals surface area contributed by atoms with Gasteiger partial charge in [0.15, 0.2) is 0 Å². The molecule has 1 aromatic rings. The molecule has 0 aliphatic carbocycles. The molecule has 0 amide bonds. The van der Waals surface area contributed by atoms with Crippen molar-refractivity contribution in [1.82, 2.24) is 4.98 Å². The van der Waals surface area contributed by atoms with Crippen LogP contribution in [0.2, 0.25) is 5.15 Å². The highest BCUT2D eigenvalue weighted by atomic mass is 35.5. The van der Waals surface area contributed by atoms with Crippen LogP contribution >= 0.6 is 11.6 Å². The summed E-state index contributed by atoms with van der Waals surface area (Å²) in [5.74, 6) is 0. The Hall–Kier alpha value is -0.560. The zero-order valence-electron chi connectivity index (χ0n) is 7.76. The molecule has 1 aromatic heterocycles. The Morgan fingerprint density at radius 2 is 2.00 bits per heavy atom. The Morgan fingerprint density at radius 1 is 1.33 bits per heavy atom. The van der Waals surface area contributed by atoms with Crippen molar-refractivity contribution in [2.24, 2.45) is 5.41 Å². The average Bonchev–Trinajstić information content (AvgIpc) is 1.82. The van der Waals surface area contributed by atoms with E-state index in [1.165, 1.54) is 0 Å². The molecule has 0 saturated heterocycles. The van der Waals surface area contributed by atoms with Crippen molar-refractivity contribution in [1.29, 1.82) is 0 Å². The lowest BCUT2D eigenvalue weighted by atomic mass is 9.90. The monoisotopic (exact) mass is 183 g/mol. The third-order valence-electron chi connectivity index (χ3n) is 1.48. The predicted octanol–water partition coefficient (Wildman–Crippen LogP) is 3.32. The Labute approximate surface area is 78.8 Å². The Morgan fingerprint density at radius 3 is 2.50 bits per heavy atom. The van der Waals surface area contributed by atoms with E-state index in [-0.39, 0.29) is 5.41 Å². The van der Waals surface area contributed by atoms with Gasteiger partial charge in [-0.15, -0.1) is 0 Å². The lowest BCUT2D eigenvalue weighted by Gasteiger charge is -2.17. The lowest BCUT2D eigenvalue weighted by molar-refractivity contribution is 0.406. The summed E-state index contributed by atoms with van der Waals surface area (Å²) in [5.41, 5.74) is 1.34. The second kappa shape index (κ2) is 3.44. The molecule has 2 heteroatoms. The number of nitrogens with zero attached hydrogens (tertiary/aromatic N) is 1. The minimum Gasteiger partial charge on any atom is -0.241 e. The summed E-state index contributed by atoms with van der Waals surface area (Å²) in [6.45, 7) is 6.57. The molecule has 0 saturated carbocycles. The SMILES string of the molecule is CC(C)(C)Cc1cccc(Cl)n1. The van der Waals surface area contributed by atoms with E-state index in [0.29, 0.717) is 5.15 Å². The van der Waals surface area contributed by atoms with Crippen LogP contribution in [0.5, 0.6) is 0 Å². The average molecular weight is 184 g/mol. The zero-order chi connectivity index (χ0) is 9.19. The molecule has 0 N–H and O–H groups in total. The number of pyridine rings is 1. The summed E-state index contributed by atoms with van der Waals surface area (Å²) in [6.07, 6.45) is 0.966. The first-order chi connectivity index (χ1) is 5.47. The summed E-state index contributed by atoms with van der Waals surface area (Å²) < 4.78 is 0. The molecule has 1 heterocycles. The van der Waals surface area contributed by atoms with Crippen molar-refractivity contribution in [2.45, 2.75) is 27.2 Å². The molecule has 0 aliphatic heterocycles. The second-order valence-corrected chi connectivity index (χ2v) is 4.58. The molecule has 0 fully saturated rings. The minimum absolute atomic E-state index is 0.275. The van der Waals surface area contributed by atoms with Crippen molar-refractivity contribution in [3.63, 3.8) is 0 Å². The highest BCUT2D eigenvalue weighted by Crippen LogP contribution is 2.19. The summed E-state index contributed by atoms with van der Waals surface area (Å²) in [4.78, 5) is 4.22. The Bertz CT molecular complexity index is 263. The highest BCUT2D eigenvalue weighted by molar-refractivity contribution is 6.29. The van der Waals surface area contributed by atoms with E-state index in [2.05, 4.69) is 25.8 Å². The predicted molar refractivity (Wildman–Crippen MR) is 52.4 cm³/mol. The van der Waals surface area contributed by atoms with Crippen molar-refractivity contribution in [3.05, 3.63) is 29.0 Å². The van der Waals surface area contributed by atoms with E-state index >= 15 is 0 Å². The first-order valence-electron chi connectivity index (χ1n) is 4.09. The van der Waals surface area contributed by atoms with Gasteiger partial charge < -0.3 is 0 Å².